The highest BCUT2D eigenvalue weighted by Gasteiger charge is 2.34. The van der Waals surface area contributed by atoms with Crippen molar-refractivity contribution in [1.29, 1.82) is 0 Å². The molecule has 4 N–H and O–H groups in total. The second-order valence-electron chi connectivity index (χ2n) is 14.5. The Kier molecular flexibility index (Phi) is 16.7. The molecule has 1 aromatic rings. The summed E-state index contributed by atoms with van der Waals surface area (Å²) >= 11 is 0. The van der Waals surface area contributed by atoms with Crippen LogP contribution >= 0.6 is 0 Å². The van der Waals surface area contributed by atoms with Gasteiger partial charge in [-0.3, -0.25) is 4.79 Å². The lowest BCUT2D eigenvalue weighted by atomic mass is 9.83. The molecule has 258 valence electrons. The smallest absolute Gasteiger partial charge is 0.362 e. The van der Waals surface area contributed by atoms with Crippen LogP contribution in [0.4, 0.5) is 0 Å². The first kappa shape index (κ1) is 38.9. The Balaban J connectivity index is 1.78. The van der Waals surface area contributed by atoms with Gasteiger partial charge in [0.1, 0.15) is 23.1 Å². The predicted molar refractivity (Wildman–Crippen MR) is 182 cm³/mol. The number of nitrogens with two attached hydrogens (primary N) is 1. The molecule has 4 unspecified atom stereocenters. The average Bonchev–Trinajstić information content (AvgIpc) is 2.97. The van der Waals surface area contributed by atoms with Crippen LogP contribution in [0.15, 0.2) is 0 Å². The molecule has 0 radical (unpaired) electrons. The maximum atomic E-state index is 12.3. The van der Waals surface area contributed by atoms with Crippen LogP contribution in [0.1, 0.15) is 140 Å². The number of hydroxylamine groups is 1. The van der Waals surface area contributed by atoms with Crippen LogP contribution in [0, 0.1) is 38.5 Å². The number of carboxylic acid groups (broad SMARTS) is 1. The average molecular weight is 633 g/mol. The molecule has 0 spiro atoms. The Morgan fingerprint density at radius 3 is 2.13 bits per heavy atom. The number of benzene rings is 1. The maximum absolute atomic E-state index is 12.3. The van der Waals surface area contributed by atoms with Crippen LogP contribution < -0.4 is 20.7 Å². The number of rotatable bonds is 22. The first-order valence-corrected chi connectivity index (χ1v) is 17.6. The van der Waals surface area contributed by atoms with Crippen LogP contribution in [0.2, 0.25) is 0 Å². The van der Waals surface area contributed by atoms with Gasteiger partial charge in [-0.05, 0) is 107 Å². The third-order valence-corrected chi connectivity index (χ3v) is 9.72. The summed E-state index contributed by atoms with van der Waals surface area (Å²) in [5.41, 5.74) is 12.2. The van der Waals surface area contributed by atoms with Gasteiger partial charge in [-0.25, -0.2) is 4.79 Å². The molecule has 1 aliphatic rings. The summed E-state index contributed by atoms with van der Waals surface area (Å²) < 4.78 is 12.7. The largest absolute Gasteiger partial charge is 0.487 e. The summed E-state index contributed by atoms with van der Waals surface area (Å²) in [6.45, 7) is 18.1. The van der Waals surface area contributed by atoms with E-state index < -0.39 is 18.0 Å². The van der Waals surface area contributed by atoms with Gasteiger partial charge in [0.25, 0.3) is 0 Å². The molecule has 1 aromatic carbocycles. The molecule has 2 rings (SSSR count). The van der Waals surface area contributed by atoms with E-state index in [-0.39, 0.29) is 12.2 Å². The summed E-state index contributed by atoms with van der Waals surface area (Å²) in [5.74, 6) is 2.60. The molecule has 4 atom stereocenters. The lowest BCUT2D eigenvalue weighted by molar-refractivity contribution is -0.153. The summed E-state index contributed by atoms with van der Waals surface area (Å²) in [4.78, 5) is 28.2. The summed E-state index contributed by atoms with van der Waals surface area (Å²) in [6, 6.07) is -0.863. The van der Waals surface area contributed by atoms with Gasteiger partial charge in [-0.1, -0.05) is 72.6 Å². The van der Waals surface area contributed by atoms with Gasteiger partial charge in [0.15, 0.2) is 6.61 Å². The third kappa shape index (κ3) is 13.5. The van der Waals surface area contributed by atoms with Crippen molar-refractivity contribution in [3.05, 3.63) is 22.3 Å². The number of ether oxygens (including phenoxy) is 2. The molecule has 0 fully saturated rings. The Morgan fingerprint density at radius 2 is 1.51 bits per heavy atom. The van der Waals surface area contributed by atoms with Crippen molar-refractivity contribution in [2.45, 2.75) is 157 Å². The number of aliphatic carboxylic acids is 1. The lowest BCUT2D eigenvalue weighted by Gasteiger charge is -2.38. The zero-order valence-electron chi connectivity index (χ0n) is 29.7. The second-order valence-corrected chi connectivity index (χ2v) is 14.5. The zero-order valence-corrected chi connectivity index (χ0v) is 29.7. The second kappa shape index (κ2) is 19.4. The Morgan fingerprint density at radius 1 is 0.889 bits per heavy atom. The number of hydrogen-bond donors (Lipinski definition) is 3. The van der Waals surface area contributed by atoms with Gasteiger partial charge in [0.2, 0.25) is 0 Å². The van der Waals surface area contributed by atoms with Gasteiger partial charge in [0.05, 0.1) is 0 Å². The fourth-order valence-electron chi connectivity index (χ4n) is 6.45. The number of nitrogens with one attached hydrogen (secondary N) is 1. The van der Waals surface area contributed by atoms with Crippen molar-refractivity contribution in [3.63, 3.8) is 0 Å². The monoisotopic (exact) mass is 632 g/mol. The highest BCUT2D eigenvalue weighted by molar-refractivity contribution is 5.73. The first-order valence-electron chi connectivity index (χ1n) is 17.6. The van der Waals surface area contributed by atoms with Gasteiger partial charge in [0, 0.05) is 12.1 Å². The van der Waals surface area contributed by atoms with E-state index >= 15 is 0 Å². The van der Waals surface area contributed by atoms with E-state index in [9.17, 15) is 9.59 Å². The summed E-state index contributed by atoms with van der Waals surface area (Å²) in [5, 5.41) is 8.83. The minimum absolute atomic E-state index is 0.169. The van der Waals surface area contributed by atoms with Crippen LogP contribution in [0.25, 0.3) is 0 Å². The molecule has 45 heavy (non-hydrogen) atoms. The van der Waals surface area contributed by atoms with Gasteiger partial charge >= 0.3 is 11.9 Å². The van der Waals surface area contributed by atoms with Crippen molar-refractivity contribution in [1.82, 2.24) is 5.48 Å². The topological polar surface area (TPSA) is 120 Å². The van der Waals surface area contributed by atoms with Crippen molar-refractivity contribution >= 4 is 11.9 Å². The van der Waals surface area contributed by atoms with Crippen molar-refractivity contribution < 1.29 is 29.0 Å². The molecule has 0 saturated heterocycles. The normalized spacial score (nSPS) is 18.2. The quantitative estimate of drug-likeness (QED) is 0.0865. The number of carbonyl (C=O) groups is 2. The van der Waals surface area contributed by atoms with Crippen LogP contribution in [-0.2, 0) is 20.8 Å². The molecular formula is C37H64N2O6. The highest BCUT2D eigenvalue weighted by atomic mass is 16.7. The first-order chi connectivity index (χ1) is 21.2. The lowest BCUT2D eigenvalue weighted by Crippen LogP contribution is -2.37. The van der Waals surface area contributed by atoms with Crippen molar-refractivity contribution in [2.24, 2.45) is 23.5 Å². The Bertz CT molecular complexity index is 1070. The fourth-order valence-corrected chi connectivity index (χ4v) is 6.45. The van der Waals surface area contributed by atoms with E-state index in [1.807, 2.05) is 13.8 Å². The standard InChI is InChI=1S/C37H64N2O6/c1-25(2)14-11-15-26(3)16-12-17-27(4)18-13-21-37(8)22-20-31-30(7)34(28(5)29(6)35(31)44-37)43-24-33(40)45-39-23-10-9-19-32(38)36(41)42/h25-27,32,39H,9-24,38H2,1-8H3,(H,41,42). The predicted octanol–water partition coefficient (Wildman–Crippen LogP) is 8.14. The minimum atomic E-state index is -1.01. The Labute approximate surface area is 273 Å². The number of fused-ring (bicyclic) bond motifs is 1. The number of carbonyl (C=O) groups excluding carboxylic acids is 1. The van der Waals surface area contributed by atoms with E-state index in [4.69, 9.17) is 25.2 Å². The van der Waals surface area contributed by atoms with E-state index in [1.54, 1.807) is 0 Å². The molecule has 0 bridgehead atoms. The van der Waals surface area contributed by atoms with Gasteiger partial charge in [-0.2, -0.15) is 5.48 Å². The molecule has 0 saturated carbocycles. The molecule has 0 aromatic heterocycles. The molecule has 1 heterocycles. The fraction of sp³-hybridized carbons (Fsp3) is 0.784. The molecule has 8 heteroatoms. The SMILES string of the molecule is Cc1c(C)c2c(c(C)c1OCC(=O)ONCCCCC(N)C(=O)O)CCC(C)(CCCC(C)CCCC(C)CCCC(C)C)O2. The van der Waals surface area contributed by atoms with Crippen molar-refractivity contribution in [2.75, 3.05) is 13.2 Å². The molecule has 1 aliphatic heterocycles. The van der Waals surface area contributed by atoms with Crippen molar-refractivity contribution in [3.8, 4) is 11.5 Å². The molecule has 0 aliphatic carbocycles. The minimum Gasteiger partial charge on any atom is -0.487 e. The zero-order chi connectivity index (χ0) is 33.6. The number of unbranched alkanes of at least 4 members (excludes halogenated alkanes) is 1. The number of carboxylic acids is 1. The number of hydrogen-bond acceptors (Lipinski definition) is 7. The highest BCUT2D eigenvalue weighted by Crippen LogP contribution is 2.45. The Hall–Kier alpha value is -2.32. The van der Waals surface area contributed by atoms with E-state index in [2.05, 4.69) is 47.0 Å². The molecule has 0 amide bonds. The summed E-state index contributed by atoms with van der Waals surface area (Å²) in [6.07, 6.45) is 15.1. The van der Waals surface area contributed by atoms with E-state index in [1.165, 1.54) is 56.9 Å². The maximum Gasteiger partial charge on any atom is 0.362 e. The van der Waals surface area contributed by atoms with E-state index in [0.29, 0.717) is 25.8 Å². The van der Waals surface area contributed by atoms with Crippen LogP contribution in [-0.4, -0.2) is 41.8 Å². The molecule has 8 nitrogen and oxygen atoms in total. The third-order valence-electron chi connectivity index (χ3n) is 9.72. The molecular weight excluding hydrogens is 568 g/mol. The van der Waals surface area contributed by atoms with Gasteiger partial charge in [-0.15, -0.1) is 0 Å². The van der Waals surface area contributed by atoms with Gasteiger partial charge < -0.3 is 25.2 Å². The van der Waals surface area contributed by atoms with E-state index in [0.717, 1.165) is 65.2 Å². The summed E-state index contributed by atoms with van der Waals surface area (Å²) in [7, 11) is 0. The van der Waals surface area contributed by atoms with Crippen LogP contribution in [0.5, 0.6) is 11.5 Å². The van der Waals surface area contributed by atoms with Crippen LogP contribution in [0.3, 0.4) is 0 Å².